The Morgan fingerprint density at radius 1 is 1.47 bits per heavy atom. The van der Waals surface area contributed by atoms with E-state index in [9.17, 15) is 8.42 Å². The molecule has 2 atom stereocenters. The molecule has 1 aliphatic rings. The van der Waals surface area contributed by atoms with Crippen LogP contribution in [0.5, 0.6) is 0 Å². The van der Waals surface area contributed by atoms with E-state index in [1.54, 1.807) is 13.2 Å². The van der Waals surface area contributed by atoms with Crippen LogP contribution >= 0.6 is 0 Å². The van der Waals surface area contributed by atoms with Gasteiger partial charge in [0.25, 0.3) is 0 Å². The lowest BCUT2D eigenvalue weighted by molar-refractivity contribution is 0.109. The summed E-state index contributed by atoms with van der Waals surface area (Å²) in [6.45, 7) is 5.51. The van der Waals surface area contributed by atoms with E-state index < -0.39 is 9.84 Å². The third-order valence-corrected chi connectivity index (χ3v) is 5.66. The van der Waals surface area contributed by atoms with Crippen LogP contribution in [0.1, 0.15) is 38.5 Å². The maximum Gasteiger partial charge on any atom is 0.151 e. The van der Waals surface area contributed by atoms with Crippen molar-refractivity contribution in [1.29, 1.82) is 0 Å². The zero-order chi connectivity index (χ0) is 13.9. The average Bonchev–Trinajstić information content (AvgIpc) is 2.91. The molecule has 1 aromatic rings. The first-order chi connectivity index (χ1) is 9.02. The van der Waals surface area contributed by atoms with Crippen LogP contribution in [0.4, 0.5) is 0 Å². The molecule has 0 spiro atoms. The monoisotopic (exact) mass is 285 g/mol. The number of nitrogens with zero attached hydrogens (tertiary/aromatic N) is 1. The second-order valence-corrected chi connectivity index (χ2v) is 7.91. The van der Waals surface area contributed by atoms with Gasteiger partial charge in [-0.3, -0.25) is 4.90 Å². The summed E-state index contributed by atoms with van der Waals surface area (Å²) in [5, 5.41) is 0. The van der Waals surface area contributed by atoms with Crippen molar-refractivity contribution in [2.24, 2.45) is 5.92 Å². The maximum absolute atomic E-state index is 11.6. The number of hydrogen-bond acceptors (Lipinski definition) is 4. The van der Waals surface area contributed by atoms with E-state index in [-0.39, 0.29) is 17.5 Å². The fourth-order valence-corrected chi connectivity index (χ4v) is 3.44. The number of rotatable bonds is 5. The topological polar surface area (TPSA) is 50.5 Å². The summed E-state index contributed by atoms with van der Waals surface area (Å²) in [5.74, 6) is 2.09. The molecule has 0 amide bonds. The summed E-state index contributed by atoms with van der Waals surface area (Å²) in [7, 11) is -2.90. The fourth-order valence-electron chi connectivity index (χ4n) is 2.64. The number of piperidine rings is 1. The minimum atomic E-state index is -2.90. The number of furan rings is 1. The maximum atomic E-state index is 11.6. The molecule has 0 bridgehead atoms. The summed E-state index contributed by atoms with van der Waals surface area (Å²) >= 11 is 0. The van der Waals surface area contributed by atoms with Crippen LogP contribution in [0, 0.1) is 5.92 Å². The first-order valence-corrected chi connectivity index (χ1v) is 8.82. The third-order valence-electron chi connectivity index (χ3n) is 3.98. The molecule has 1 saturated heterocycles. The number of hydrogen-bond donors (Lipinski definition) is 0. The largest absolute Gasteiger partial charge is 0.468 e. The van der Waals surface area contributed by atoms with E-state index in [2.05, 4.69) is 11.8 Å². The van der Waals surface area contributed by atoms with Crippen LogP contribution in [0.2, 0.25) is 0 Å². The van der Waals surface area contributed by atoms with Crippen LogP contribution in [-0.2, 0) is 9.84 Å². The van der Waals surface area contributed by atoms with Gasteiger partial charge in [-0.1, -0.05) is 13.8 Å². The molecule has 108 valence electrons. The Morgan fingerprint density at radius 2 is 2.26 bits per heavy atom. The van der Waals surface area contributed by atoms with Gasteiger partial charge in [-0.15, -0.1) is 0 Å². The molecule has 0 unspecified atom stereocenters. The van der Waals surface area contributed by atoms with Crippen LogP contribution in [0.25, 0.3) is 0 Å². The van der Waals surface area contributed by atoms with E-state index in [0.717, 1.165) is 25.1 Å². The second-order valence-electron chi connectivity index (χ2n) is 5.43. The summed E-state index contributed by atoms with van der Waals surface area (Å²) in [6.07, 6.45) is 3.86. The minimum absolute atomic E-state index is 0.225. The SMILES string of the molecule is CCS(=O)(=O)CCN1CC[C@@H](C)C[C@H]1c1ccco1. The molecule has 0 N–H and O–H groups in total. The third kappa shape index (κ3) is 3.83. The molecule has 2 heterocycles. The zero-order valence-electron chi connectivity index (χ0n) is 11.7. The molecule has 0 aromatic carbocycles. The van der Waals surface area contributed by atoms with Crippen molar-refractivity contribution in [1.82, 2.24) is 4.90 Å². The molecule has 0 radical (unpaired) electrons. The second kappa shape index (κ2) is 6.09. The normalized spacial score (nSPS) is 25.6. The highest BCUT2D eigenvalue weighted by Crippen LogP contribution is 2.33. The van der Waals surface area contributed by atoms with E-state index in [1.807, 2.05) is 12.1 Å². The minimum Gasteiger partial charge on any atom is -0.468 e. The zero-order valence-corrected chi connectivity index (χ0v) is 12.5. The van der Waals surface area contributed by atoms with Crippen molar-refractivity contribution in [2.45, 2.75) is 32.7 Å². The van der Waals surface area contributed by atoms with Crippen molar-refractivity contribution < 1.29 is 12.8 Å². The number of likely N-dealkylation sites (tertiary alicyclic amines) is 1. The van der Waals surface area contributed by atoms with Gasteiger partial charge >= 0.3 is 0 Å². The molecule has 1 fully saturated rings. The van der Waals surface area contributed by atoms with Crippen molar-refractivity contribution in [3.8, 4) is 0 Å². The van der Waals surface area contributed by atoms with Gasteiger partial charge < -0.3 is 4.42 Å². The van der Waals surface area contributed by atoms with E-state index in [1.165, 1.54) is 0 Å². The summed E-state index contributed by atoms with van der Waals surface area (Å²) in [4.78, 5) is 2.26. The Morgan fingerprint density at radius 3 is 2.89 bits per heavy atom. The Balaban J connectivity index is 2.04. The Kier molecular flexibility index (Phi) is 4.68. The lowest BCUT2D eigenvalue weighted by Gasteiger charge is -2.37. The average molecular weight is 285 g/mol. The van der Waals surface area contributed by atoms with E-state index >= 15 is 0 Å². The molecule has 1 aromatic heterocycles. The predicted molar refractivity (Wildman–Crippen MR) is 75.7 cm³/mol. The standard InChI is InChI=1S/C14H23NO3S/c1-3-19(16,17)10-8-15-7-6-12(2)11-13(15)14-5-4-9-18-14/h4-5,9,12-13H,3,6-8,10-11H2,1-2H3/t12-,13+/m1/s1. The van der Waals surface area contributed by atoms with Crippen LogP contribution in [0.3, 0.4) is 0 Å². The summed E-state index contributed by atoms with van der Waals surface area (Å²) < 4.78 is 28.8. The van der Waals surface area contributed by atoms with Crippen LogP contribution < -0.4 is 0 Å². The van der Waals surface area contributed by atoms with Crippen LogP contribution in [-0.4, -0.2) is 37.9 Å². The first-order valence-electron chi connectivity index (χ1n) is 6.99. The molecule has 2 rings (SSSR count). The summed E-state index contributed by atoms with van der Waals surface area (Å²) in [5.41, 5.74) is 0. The van der Waals surface area contributed by atoms with Crippen LogP contribution in [0.15, 0.2) is 22.8 Å². The predicted octanol–water partition coefficient (Wildman–Crippen LogP) is 2.49. The highest BCUT2D eigenvalue weighted by atomic mass is 32.2. The van der Waals surface area contributed by atoms with Gasteiger partial charge in [0.1, 0.15) is 5.76 Å². The Hall–Kier alpha value is -0.810. The van der Waals surface area contributed by atoms with Gasteiger partial charge in [-0.2, -0.15) is 0 Å². The van der Waals surface area contributed by atoms with E-state index in [4.69, 9.17) is 4.42 Å². The van der Waals surface area contributed by atoms with Gasteiger partial charge in [0.15, 0.2) is 9.84 Å². The lowest BCUT2D eigenvalue weighted by atomic mass is 9.91. The lowest BCUT2D eigenvalue weighted by Crippen LogP contribution is -2.39. The smallest absolute Gasteiger partial charge is 0.151 e. The van der Waals surface area contributed by atoms with Crippen molar-refractivity contribution in [3.63, 3.8) is 0 Å². The van der Waals surface area contributed by atoms with Gasteiger partial charge in [0.2, 0.25) is 0 Å². The highest BCUT2D eigenvalue weighted by molar-refractivity contribution is 7.91. The van der Waals surface area contributed by atoms with Crippen molar-refractivity contribution in [3.05, 3.63) is 24.2 Å². The molecule has 0 saturated carbocycles. The molecule has 5 heteroatoms. The molecule has 19 heavy (non-hydrogen) atoms. The molecular weight excluding hydrogens is 262 g/mol. The van der Waals surface area contributed by atoms with Crippen molar-refractivity contribution in [2.75, 3.05) is 24.6 Å². The van der Waals surface area contributed by atoms with Gasteiger partial charge in [-0.05, 0) is 37.4 Å². The van der Waals surface area contributed by atoms with Gasteiger partial charge in [-0.25, -0.2) is 8.42 Å². The fraction of sp³-hybridized carbons (Fsp3) is 0.714. The summed E-state index contributed by atoms with van der Waals surface area (Å²) in [6, 6.07) is 4.12. The van der Waals surface area contributed by atoms with Gasteiger partial charge in [0.05, 0.1) is 18.1 Å². The molecular formula is C14H23NO3S. The Bertz CT molecular complexity index is 481. The number of sulfone groups is 1. The van der Waals surface area contributed by atoms with E-state index in [0.29, 0.717) is 12.5 Å². The molecule has 0 aliphatic carbocycles. The molecule has 4 nitrogen and oxygen atoms in total. The quantitative estimate of drug-likeness (QED) is 0.834. The Labute approximate surface area is 115 Å². The first kappa shape index (κ1) is 14.6. The molecule has 1 aliphatic heterocycles. The highest BCUT2D eigenvalue weighted by Gasteiger charge is 2.29. The van der Waals surface area contributed by atoms with Crippen molar-refractivity contribution >= 4 is 9.84 Å². The van der Waals surface area contributed by atoms with Gasteiger partial charge in [0, 0.05) is 12.3 Å².